The minimum atomic E-state index is -0.493. The van der Waals surface area contributed by atoms with Crippen molar-refractivity contribution in [2.24, 2.45) is 0 Å². The number of aliphatic hydroxyl groups excluding tert-OH is 1. The highest BCUT2D eigenvalue weighted by atomic mass is 32.2. The Labute approximate surface area is 117 Å². The van der Waals surface area contributed by atoms with Gasteiger partial charge in [-0.15, -0.1) is 0 Å². The standard InChI is InChI=1S/C14H19FOS2/c1-3-12-14(18-7-6-17-12)13(16)10-4-5-11(15)9(2)8-10/h4-5,8,12-14,16H,3,6-7H2,1-2H3. The van der Waals surface area contributed by atoms with Crippen LogP contribution < -0.4 is 0 Å². The van der Waals surface area contributed by atoms with Gasteiger partial charge in [0.05, 0.1) is 6.10 Å². The summed E-state index contributed by atoms with van der Waals surface area (Å²) in [6.45, 7) is 3.91. The molecule has 100 valence electrons. The van der Waals surface area contributed by atoms with E-state index in [-0.39, 0.29) is 11.1 Å². The van der Waals surface area contributed by atoms with Gasteiger partial charge in [0, 0.05) is 22.0 Å². The number of aliphatic hydroxyl groups is 1. The molecule has 0 radical (unpaired) electrons. The lowest BCUT2D eigenvalue weighted by Gasteiger charge is -2.33. The Morgan fingerprint density at radius 3 is 2.78 bits per heavy atom. The minimum absolute atomic E-state index is 0.205. The fourth-order valence-electron chi connectivity index (χ4n) is 2.27. The van der Waals surface area contributed by atoms with E-state index in [0.717, 1.165) is 23.5 Å². The Kier molecular flexibility index (Phi) is 4.98. The van der Waals surface area contributed by atoms with E-state index >= 15 is 0 Å². The molecule has 1 aliphatic rings. The number of thioether (sulfide) groups is 2. The second-order valence-electron chi connectivity index (χ2n) is 4.61. The molecule has 0 amide bonds. The van der Waals surface area contributed by atoms with Gasteiger partial charge < -0.3 is 5.11 Å². The van der Waals surface area contributed by atoms with Crippen LogP contribution in [0.5, 0.6) is 0 Å². The first-order valence-electron chi connectivity index (χ1n) is 6.30. The molecule has 3 atom stereocenters. The SMILES string of the molecule is CCC1SCCSC1C(O)c1ccc(F)c(C)c1. The first-order valence-corrected chi connectivity index (χ1v) is 8.40. The van der Waals surface area contributed by atoms with Gasteiger partial charge in [-0.2, -0.15) is 23.5 Å². The van der Waals surface area contributed by atoms with Crippen molar-refractivity contribution in [2.45, 2.75) is 36.9 Å². The van der Waals surface area contributed by atoms with Crippen LogP contribution in [-0.2, 0) is 0 Å². The summed E-state index contributed by atoms with van der Waals surface area (Å²) in [4.78, 5) is 0. The maximum absolute atomic E-state index is 13.3. The van der Waals surface area contributed by atoms with Crippen molar-refractivity contribution < 1.29 is 9.50 Å². The lowest BCUT2D eigenvalue weighted by molar-refractivity contribution is 0.172. The van der Waals surface area contributed by atoms with Gasteiger partial charge >= 0.3 is 0 Å². The van der Waals surface area contributed by atoms with Crippen LogP contribution in [0, 0.1) is 12.7 Å². The predicted molar refractivity (Wildman–Crippen MR) is 78.9 cm³/mol. The quantitative estimate of drug-likeness (QED) is 0.913. The van der Waals surface area contributed by atoms with Crippen molar-refractivity contribution in [2.75, 3.05) is 11.5 Å². The summed E-state index contributed by atoms with van der Waals surface area (Å²) >= 11 is 3.79. The van der Waals surface area contributed by atoms with E-state index in [0.29, 0.717) is 10.8 Å². The van der Waals surface area contributed by atoms with Crippen LogP contribution in [0.2, 0.25) is 0 Å². The molecule has 18 heavy (non-hydrogen) atoms. The minimum Gasteiger partial charge on any atom is -0.387 e. The number of benzene rings is 1. The molecule has 1 saturated heterocycles. The Morgan fingerprint density at radius 1 is 1.39 bits per heavy atom. The summed E-state index contributed by atoms with van der Waals surface area (Å²) in [6, 6.07) is 4.93. The Bertz CT molecular complexity index is 411. The molecule has 1 heterocycles. The van der Waals surface area contributed by atoms with Crippen LogP contribution in [0.1, 0.15) is 30.6 Å². The summed E-state index contributed by atoms with van der Waals surface area (Å²) < 4.78 is 13.3. The molecule has 0 spiro atoms. The molecule has 0 aromatic heterocycles. The van der Waals surface area contributed by atoms with Crippen LogP contribution in [0.4, 0.5) is 4.39 Å². The zero-order chi connectivity index (χ0) is 13.1. The molecule has 0 saturated carbocycles. The number of hydrogen-bond acceptors (Lipinski definition) is 3. The van der Waals surface area contributed by atoms with E-state index < -0.39 is 6.10 Å². The summed E-state index contributed by atoms with van der Waals surface area (Å²) in [5.41, 5.74) is 1.44. The number of hydrogen-bond donors (Lipinski definition) is 1. The summed E-state index contributed by atoms with van der Waals surface area (Å²) in [7, 11) is 0. The maximum Gasteiger partial charge on any atom is 0.126 e. The smallest absolute Gasteiger partial charge is 0.126 e. The van der Waals surface area contributed by atoms with Gasteiger partial charge in [-0.05, 0) is 30.5 Å². The van der Waals surface area contributed by atoms with Crippen molar-refractivity contribution in [1.82, 2.24) is 0 Å². The van der Waals surface area contributed by atoms with Crippen LogP contribution in [0.3, 0.4) is 0 Å². The molecular formula is C14H19FOS2. The first-order chi connectivity index (χ1) is 8.63. The van der Waals surface area contributed by atoms with Crippen molar-refractivity contribution in [1.29, 1.82) is 0 Å². The van der Waals surface area contributed by atoms with Crippen LogP contribution in [-0.4, -0.2) is 27.1 Å². The van der Waals surface area contributed by atoms with Crippen molar-refractivity contribution >= 4 is 23.5 Å². The average Bonchev–Trinajstić information content (AvgIpc) is 2.41. The molecule has 1 aromatic carbocycles. The highest BCUT2D eigenvalue weighted by Gasteiger charge is 2.31. The predicted octanol–water partition coefficient (Wildman–Crippen LogP) is 3.79. The van der Waals surface area contributed by atoms with Gasteiger partial charge in [0.15, 0.2) is 0 Å². The number of halogens is 1. The topological polar surface area (TPSA) is 20.2 Å². The van der Waals surface area contributed by atoms with Gasteiger partial charge in [0.25, 0.3) is 0 Å². The molecule has 0 bridgehead atoms. The number of rotatable bonds is 3. The van der Waals surface area contributed by atoms with Crippen molar-refractivity contribution in [3.63, 3.8) is 0 Å². The molecule has 4 heteroatoms. The zero-order valence-corrected chi connectivity index (χ0v) is 12.4. The second kappa shape index (κ2) is 6.31. The Morgan fingerprint density at radius 2 is 2.11 bits per heavy atom. The molecule has 1 nitrogen and oxygen atoms in total. The average molecular weight is 286 g/mol. The lowest BCUT2D eigenvalue weighted by atomic mass is 10.0. The molecule has 1 fully saturated rings. The van der Waals surface area contributed by atoms with Gasteiger partial charge in [-0.25, -0.2) is 4.39 Å². The van der Waals surface area contributed by atoms with E-state index in [4.69, 9.17) is 0 Å². The summed E-state index contributed by atoms with van der Waals surface area (Å²) in [6.07, 6.45) is 0.576. The highest BCUT2D eigenvalue weighted by Crippen LogP contribution is 2.40. The lowest BCUT2D eigenvalue weighted by Crippen LogP contribution is -2.31. The van der Waals surface area contributed by atoms with Crippen LogP contribution in [0.25, 0.3) is 0 Å². The molecule has 1 aromatic rings. The third kappa shape index (κ3) is 3.03. The second-order valence-corrected chi connectivity index (χ2v) is 7.24. The van der Waals surface area contributed by atoms with Gasteiger partial charge in [0.1, 0.15) is 5.82 Å². The van der Waals surface area contributed by atoms with Gasteiger partial charge in [-0.1, -0.05) is 19.1 Å². The monoisotopic (exact) mass is 286 g/mol. The van der Waals surface area contributed by atoms with Crippen molar-refractivity contribution in [3.05, 3.63) is 35.1 Å². The fraction of sp³-hybridized carbons (Fsp3) is 0.571. The van der Waals surface area contributed by atoms with Crippen molar-refractivity contribution in [3.8, 4) is 0 Å². The van der Waals surface area contributed by atoms with E-state index in [2.05, 4.69) is 6.92 Å². The fourth-order valence-corrected chi connectivity index (χ4v) is 5.41. The Hall–Kier alpha value is -0.190. The molecule has 2 rings (SSSR count). The van der Waals surface area contributed by atoms with Crippen LogP contribution in [0.15, 0.2) is 18.2 Å². The summed E-state index contributed by atoms with van der Waals surface area (Å²) in [5, 5.41) is 11.2. The van der Waals surface area contributed by atoms with E-state index in [9.17, 15) is 9.50 Å². The molecule has 3 unspecified atom stereocenters. The third-order valence-corrected chi connectivity index (χ3v) is 6.67. The largest absolute Gasteiger partial charge is 0.387 e. The van der Waals surface area contributed by atoms with Crippen LogP contribution >= 0.6 is 23.5 Å². The molecule has 0 aliphatic carbocycles. The zero-order valence-electron chi connectivity index (χ0n) is 10.7. The van der Waals surface area contributed by atoms with Gasteiger partial charge in [-0.3, -0.25) is 0 Å². The van der Waals surface area contributed by atoms with E-state index in [1.165, 1.54) is 6.07 Å². The molecule has 1 N–H and O–H groups in total. The maximum atomic E-state index is 13.3. The third-order valence-electron chi connectivity index (χ3n) is 3.33. The first kappa shape index (κ1) is 14.2. The highest BCUT2D eigenvalue weighted by molar-refractivity contribution is 8.07. The van der Waals surface area contributed by atoms with E-state index in [1.54, 1.807) is 19.1 Å². The van der Waals surface area contributed by atoms with E-state index in [1.807, 2.05) is 23.5 Å². The Balaban J connectivity index is 2.18. The molecule has 1 aliphatic heterocycles. The van der Waals surface area contributed by atoms with Gasteiger partial charge in [0.2, 0.25) is 0 Å². The molecular weight excluding hydrogens is 267 g/mol. The normalized spacial score (nSPS) is 26.0. The number of aryl methyl sites for hydroxylation is 1. The summed E-state index contributed by atoms with van der Waals surface area (Å²) in [5.74, 6) is 2.04.